The van der Waals surface area contributed by atoms with Gasteiger partial charge >= 0.3 is 0 Å². The summed E-state index contributed by atoms with van der Waals surface area (Å²) in [4.78, 5) is 13.9. The van der Waals surface area contributed by atoms with Crippen LogP contribution >= 0.6 is 23.1 Å². The van der Waals surface area contributed by atoms with Crippen molar-refractivity contribution < 1.29 is 4.79 Å². The summed E-state index contributed by atoms with van der Waals surface area (Å²) < 4.78 is 0.696. The average molecular weight is 294 g/mol. The lowest BCUT2D eigenvalue weighted by Gasteiger charge is -2.19. The van der Waals surface area contributed by atoms with Gasteiger partial charge in [0.05, 0.1) is 0 Å². The molecule has 0 fully saturated rings. The molecule has 100 valence electrons. The van der Waals surface area contributed by atoms with E-state index >= 15 is 0 Å². The molecule has 5 nitrogen and oxygen atoms in total. The number of carbonyl (C=O) groups excluding carboxylic acids is 1. The molecule has 0 radical (unpaired) electrons. The molecule has 0 saturated carbocycles. The third-order valence-electron chi connectivity index (χ3n) is 2.41. The fourth-order valence-corrected chi connectivity index (χ4v) is 3.47. The van der Waals surface area contributed by atoms with Gasteiger partial charge in [-0.3, -0.25) is 4.79 Å². The zero-order chi connectivity index (χ0) is 13.8. The second-order valence-electron chi connectivity index (χ2n) is 4.05. The summed E-state index contributed by atoms with van der Waals surface area (Å²) in [7, 11) is 3.49. The summed E-state index contributed by atoms with van der Waals surface area (Å²) in [6.45, 7) is 0. The van der Waals surface area contributed by atoms with Crippen LogP contribution in [-0.4, -0.2) is 35.1 Å². The van der Waals surface area contributed by atoms with Crippen LogP contribution in [0.2, 0.25) is 0 Å². The number of rotatable bonds is 4. The van der Waals surface area contributed by atoms with E-state index in [4.69, 9.17) is 5.73 Å². The van der Waals surface area contributed by atoms with E-state index in [1.807, 2.05) is 30.3 Å². The Morgan fingerprint density at radius 3 is 2.53 bits per heavy atom. The number of anilines is 1. The minimum Gasteiger partial charge on any atom is -0.374 e. The summed E-state index contributed by atoms with van der Waals surface area (Å²) in [6.07, 6.45) is 0. The number of nitrogens with zero attached hydrogens (tertiary/aromatic N) is 3. The monoisotopic (exact) mass is 294 g/mol. The number of thioether (sulfide) groups is 1. The van der Waals surface area contributed by atoms with Crippen LogP contribution in [0.3, 0.4) is 0 Å². The van der Waals surface area contributed by atoms with Crippen molar-refractivity contribution in [2.24, 2.45) is 0 Å². The first kappa shape index (κ1) is 13.8. The lowest BCUT2D eigenvalue weighted by molar-refractivity contribution is -0.128. The first-order chi connectivity index (χ1) is 9.08. The molecular weight excluding hydrogens is 280 g/mol. The fraction of sp³-hybridized carbons (Fsp3) is 0.250. The minimum absolute atomic E-state index is 0.0185. The second kappa shape index (κ2) is 6.03. The van der Waals surface area contributed by atoms with Crippen molar-refractivity contribution in [2.45, 2.75) is 9.59 Å². The second-order valence-corrected chi connectivity index (χ2v) is 6.41. The van der Waals surface area contributed by atoms with Crippen molar-refractivity contribution in [2.75, 3.05) is 19.8 Å². The van der Waals surface area contributed by atoms with E-state index in [9.17, 15) is 4.79 Å². The fourth-order valence-electron chi connectivity index (χ4n) is 1.49. The summed E-state index contributed by atoms with van der Waals surface area (Å²) >= 11 is 2.66. The zero-order valence-corrected chi connectivity index (χ0v) is 12.2. The number of benzene rings is 1. The molecule has 0 aliphatic heterocycles. The standard InChI is InChI=1S/C12H14N4OS2/c1-16(2)10(17)9(8-6-4-3-5-7-8)18-12-15-14-11(13)19-12/h3-7,9H,1-2H3,(H2,13,14)/t9-/m0/s1. The van der Waals surface area contributed by atoms with Crippen molar-refractivity contribution in [1.82, 2.24) is 15.1 Å². The number of amides is 1. The maximum absolute atomic E-state index is 12.3. The van der Waals surface area contributed by atoms with Gasteiger partial charge in [-0.15, -0.1) is 10.2 Å². The van der Waals surface area contributed by atoms with Crippen LogP contribution in [0.5, 0.6) is 0 Å². The van der Waals surface area contributed by atoms with Crippen LogP contribution in [0.1, 0.15) is 10.8 Å². The number of likely N-dealkylation sites (N-methyl/N-ethyl adjacent to an activating group) is 1. The third kappa shape index (κ3) is 3.45. The Bertz CT molecular complexity index is 556. The molecule has 1 amide bonds. The van der Waals surface area contributed by atoms with Gasteiger partial charge in [-0.25, -0.2) is 0 Å². The molecule has 0 bridgehead atoms. The highest BCUT2D eigenvalue weighted by molar-refractivity contribution is 8.01. The number of carbonyl (C=O) groups is 1. The highest BCUT2D eigenvalue weighted by atomic mass is 32.2. The predicted molar refractivity (Wildman–Crippen MR) is 78.1 cm³/mol. The maximum Gasteiger partial charge on any atom is 0.240 e. The van der Waals surface area contributed by atoms with E-state index in [0.29, 0.717) is 9.47 Å². The Morgan fingerprint density at radius 2 is 2.00 bits per heavy atom. The first-order valence-electron chi connectivity index (χ1n) is 5.59. The number of nitrogen functional groups attached to an aromatic ring is 1. The van der Waals surface area contributed by atoms with E-state index in [1.54, 1.807) is 19.0 Å². The van der Waals surface area contributed by atoms with Crippen molar-refractivity contribution in [3.8, 4) is 0 Å². The Labute approximate surface area is 119 Å². The molecule has 0 spiro atoms. The molecule has 0 aliphatic carbocycles. The van der Waals surface area contributed by atoms with Crippen molar-refractivity contribution in [3.63, 3.8) is 0 Å². The van der Waals surface area contributed by atoms with Crippen LogP contribution in [-0.2, 0) is 4.79 Å². The highest BCUT2D eigenvalue weighted by Crippen LogP contribution is 2.38. The Hall–Kier alpha value is -1.60. The van der Waals surface area contributed by atoms with Crippen LogP contribution < -0.4 is 5.73 Å². The molecule has 1 aromatic carbocycles. The highest BCUT2D eigenvalue weighted by Gasteiger charge is 2.25. The van der Waals surface area contributed by atoms with E-state index in [1.165, 1.54) is 23.1 Å². The molecule has 2 N–H and O–H groups in total. The van der Waals surface area contributed by atoms with E-state index in [-0.39, 0.29) is 11.2 Å². The molecule has 1 heterocycles. The number of hydrogen-bond donors (Lipinski definition) is 1. The molecule has 2 rings (SSSR count). The number of aromatic nitrogens is 2. The van der Waals surface area contributed by atoms with Gasteiger partial charge in [-0.2, -0.15) is 0 Å². The van der Waals surface area contributed by atoms with Gasteiger partial charge < -0.3 is 10.6 Å². The van der Waals surface area contributed by atoms with Crippen LogP contribution in [0.25, 0.3) is 0 Å². The van der Waals surface area contributed by atoms with Gasteiger partial charge in [0.1, 0.15) is 5.25 Å². The summed E-state index contributed by atoms with van der Waals surface area (Å²) in [5, 5.41) is 7.81. The van der Waals surface area contributed by atoms with Gasteiger partial charge in [0.2, 0.25) is 11.0 Å². The molecule has 1 atom stereocenters. The zero-order valence-electron chi connectivity index (χ0n) is 10.6. The van der Waals surface area contributed by atoms with Crippen molar-refractivity contribution in [1.29, 1.82) is 0 Å². The molecule has 19 heavy (non-hydrogen) atoms. The topological polar surface area (TPSA) is 72.1 Å². The van der Waals surface area contributed by atoms with Crippen molar-refractivity contribution in [3.05, 3.63) is 35.9 Å². The summed E-state index contributed by atoms with van der Waals surface area (Å²) in [5.74, 6) is 0.0185. The Kier molecular flexibility index (Phi) is 4.39. The van der Waals surface area contributed by atoms with Gasteiger partial charge in [-0.05, 0) is 5.56 Å². The average Bonchev–Trinajstić information content (AvgIpc) is 2.81. The van der Waals surface area contributed by atoms with Gasteiger partial charge in [0, 0.05) is 14.1 Å². The maximum atomic E-state index is 12.3. The molecule has 7 heteroatoms. The van der Waals surface area contributed by atoms with Gasteiger partial charge in [0.15, 0.2) is 4.34 Å². The Balaban J connectivity index is 2.27. The molecule has 1 aromatic heterocycles. The van der Waals surface area contributed by atoms with E-state index < -0.39 is 0 Å². The molecule has 2 aromatic rings. The normalized spacial score (nSPS) is 12.1. The van der Waals surface area contributed by atoms with Gasteiger partial charge in [-0.1, -0.05) is 53.4 Å². The van der Waals surface area contributed by atoms with Crippen LogP contribution in [0.4, 0.5) is 5.13 Å². The lowest BCUT2D eigenvalue weighted by atomic mass is 10.1. The smallest absolute Gasteiger partial charge is 0.240 e. The Morgan fingerprint density at radius 1 is 1.32 bits per heavy atom. The largest absolute Gasteiger partial charge is 0.374 e. The first-order valence-corrected chi connectivity index (χ1v) is 7.29. The molecule has 0 aliphatic rings. The lowest BCUT2D eigenvalue weighted by Crippen LogP contribution is -2.26. The van der Waals surface area contributed by atoms with Gasteiger partial charge in [0.25, 0.3) is 0 Å². The number of hydrogen-bond acceptors (Lipinski definition) is 6. The van der Waals surface area contributed by atoms with E-state index in [2.05, 4.69) is 10.2 Å². The molecular formula is C12H14N4OS2. The van der Waals surface area contributed by atoms with Crippen molar-refractivity contribution >= 4 is 34.1 Å². The molecule has 0 unspecified atom stereocenters. The third-order valence-corrected chi connectivity index (χ3v) is 4.49. The van der Waals surface area contributed by atoms with Crippen LogP contribution in [0, 0.1) is 0 Å². The molecule has 0 saturated heterocycles. The minimum atomic E-state index is -0.330. The van der Waals surface area contributed by atoms with E-state index in [0.717, 1.165) is 5.56 Å². The predicted octanol–water partition coefficient (Wildman–Crippen LogP) is 2.04. The van der Waals surface area contributed by atoms with Crippen LogP contribution in [0.15, 0.2) is 34.7 Å². The summed E-state index contributed by atoms with van der Waals surface area (Å²) in [5.41, 5.74) is 6.51. The SMILES string of the molecule is CN(C)C(=O)[C@@H](Sc1nnc(N)s1)c1ccccc1. The number of nitrogens with two attached hydrogens (primary N) is 1. The quantitative estimate of drug-likeness (QED) is 0.874. The summed E-state index contributed by atoms with van der Waals surface area (Å²) in [6, 6.07) is 9.63.